The maximum Gasteiger partial charge on any atom is 0.407 e. The minimum absolute atomic E-state index is 0.268. The zero-order valence-corrected chi connectivity index (χ0v) is 14.9. The monoisotopic (exact) mass is 374 g/mol. The van der Waals surface area contributed by atoms with Crippen LogP contribution in [0.3, 0.4) is 0 Å². The van der Waals surface area contributed by atoms with E-state index in [4.69, 9.17) is 6.42 Å². The molecular formula is C20H20F6. The summed E-state index contributed by atoms with van der Waals surface area (Å²) in [6.07, 6.45) is -4.96. The third-order valence-electron chi connectivity index (χ3n) is 4.60. The summed E-state index contributed by atoms with van der Waals surface area (Å²) in [4.78, 5) is 0. The van der Waals surface area contributed by atoms with E-state index < -0.39 is 29.8 Å². The van der Waals surface area contributed by atoms with Crippen LogP contribution in [0.4, 0.5) is 26.3 Å². The largest absolute Gasteiger partial charge is 0.407 e. The van der Waals surface area contributed by atoms with Crippen LogP contribution in [0.5, 0.6) is 0 Å². The predicted octanol–water partition coefficient (Wildman–Crippen LogP) is 6.58. The first kappa shape index (κ1) is 21.9. The van der Waals surface area contributed by atoms with E-state index in [-0.39, 0.29) is 5.57 Å². The van der Waals surface area contributed by atoms with Crippen molar-refractivity contribution in [1.82, 2.24) is 0 Å². The predicted molar refractivity (Wildman–Crippen MR) is 90.7 cm³/mol. The van der Waals surface area contributed by atoms with Crippen molar-refractivity contribution in [3.8, 4) is 12.3 Å². The van der Waals surface area contributed by atoms with Crippen molar-refractivity contribution in [3.63, 3.8) is 0 Å². The summed E-state index contributed by atoms with van der Waals surface area (Å²) in [7, 11) is 0. The summed E-state index contributed by atoms with van der Waals surface area (Å²) < 4.78 is 82.8. The van der Waals surface area contributed by atoms with Gasteiger partial charge in [-0.1, -0.05) is 35.8 Å². The van der Waals surface area contributed by atoms with Gasteiger partial charge < -0.3 is 0 Å². The number of rotatable bonds is 4. The van der Waals surface area contributed by atoms with E-state index in [1.165, 1.54) is 32.9 Å². The fourth-order valence-corrected chi connectivity index (χ4v) is 2.55. The molecule has 1 aromatic rings. The Kier molecular flexibility index (Phi) is 6.40. The molecule has 0 N–H and O–H groups in total. The number of benzene rings is 1. The summed E-state index contributed by atoms with van der Waals surface area (Å²) in [6, 6.07) is 3.14. The molecule has 0 aliphatic heterocycles. The first-order valence-electron chi connectivity index (χ1n) is 7.79. The molecule has 0 aliphatic carbocycles. The Morgan fingerprint density at radius 3 is 1.92 bits per heavy atom. The molecule has 6 heteroatoms. The van der Waals surface area contributed by atoms with Gasteiger partial charge in [-0.3, -0.25) is 0 Å². The van der Waals surface area contributed by atoms with Crippen LogP contribution in [0.1, 0.15) is 37.0 Å². The van der Waals surface area contributed by atoms with E-state index in [1.54, 1.807) is 6.92 Å². The molecule has 0 atom stereocenters. The highest BCUT2D eigenvalue weighted by molar-refractivity contribution is 5.39. The molecule has 0 heterocycles. The smallest absolute Gasteiger partial charge is 0.170 e. The summed E-state index contributed by atoms with van der Waals surface area (Å²) in [5.41, 5.74) is -3.12. The Balaban J connectivity index is 3.67. The van der Waals surface area contributed by atoms with Gasteiger partial charge in [0.05, 0.1) is 0 Å². The Bertz CT molecular complexity index is 740. The number of terminal acetylenes is 1. The number of hydrogen-bond donors (Lipinski definition) is 0. The van der Waals surface area contributed by atoms with Crippen molar-refractivity contribution >= 4 is 0 Å². The first-order valence-corrected chi connectivity index (χ1v) is 7.79. The molecule has 0 aromatic heterocycles. The molecule has 0 nitrogen and oxygen atoms in total. The molecule has 142 valence electrons. The van der Waals surface area contributed by atoms with Gasteiger partial charge in [0.15, 0.2) is 5.41 Å². The molecule has 0 radical (unpaired) electrons. The molecule has 26 heavy (non-hydrogen) atoms. The highest BCUT2D eigenvalue weighted by atomic mass is 19.4. The Morgan fingerprint density at radius 2 is 1.50 bits per heavy atom. The molecule has 0 bridgehead atoms. The molecule has 0 amide bonds. The quantitative estimate of drug-likeness (QED) is 0.317. The average Bonchev–Trinajstić information content (AvgIpc) is 2.48. The van der Waals surface area contributed by atoms with E-state index >= 15 is 0 Å². The second kappa shape index (κ2) is 7.61. The Hall–Kier alpha value is -2.16. The molecule has 1 aromatic carbocycles. The Morgan fingerprint density at radius 1 is 0.962 bits per heavy atom. The zero-order chi connectivity index (χ0) is 20.3. The molecule has 0 aliphatic rings. The third-order valence-corrected chi connectivity index (χ3v) is 4.60. The van der Waals surface area contributed by atoms with E-state index in [2.05, 4.69) is 5.92 Å². The normalized spacial score (nSPS) is 14.3. The van der Waals surface area contributed by atoms with Crippen molar-refractivity contribution in [3.05, 3.63) is 58.2 Å². The molecule has 0 spiro atoms. The zero-order valence-electron chi connectivity index (χ0n) is 14.9. The number of allylic oxidation sites excluding steroid dienone is 4. The van der Waals surface area contributed by atoms with Crippen LogP contribution in [-0.4, -0.2) is 12.4 Å². The van der Waals surface area contributed by atoms with Crippen molar-refractivity contribution in [2.75, 3.05) is 0 Å². The van der Waals surface area contributed by atoms with Crippen LogP contribution in [0.15, 0.2) is 41.5 Å². The van der Waals surface area contributed by atoms with Crippen LogP contribution in [0.2, 0.25) is 0 Å². The maximum absolute atomic E-state index is 13.8. The van der Waals surface area contributed by atoms with Crippen LogP contribution >= 0.6 is 0 Å². The highest BCUT2D eigenvalue weighted by Gasteiger charge is 2.70. The van der Waals surface area contributed by atoms with Gasteiger partial charge >= 0.3 is 12.4 Å². The van der Waals surface area contributed by atoms with Gasteiger partial charge in [0.25, 0.3) is 0 Å². The van der Waals surface area contributed by atoms with Crippen molar-refractivity contribution < 1.29 is 26.3 Å². The second-order valence-electron chi connectivity index (χ2n) is 6.29. The number of aryl methyl sites for hydroxylation is 2. The van der Waals surface area contributed by atoms with Gasteiger partial charge in [-0.25, -0.2) is 0 Å². The highest BCUT2D eigenvalue weighted by Crippen LogP contribution is 2.54. The standard InChI is InChI=1S/C20H20F6/c1-6-7-13(2)15(4)10-11-18(19(21,22)23,20(24,25)26)17-9-8-14(3)16(5)12-17/h1,7-10,12H,11H2,2-5H3/b13-7-,15-10-. The fraction of sp³-hybridized carbons (Fsp3) is 0.400. The molecule has 1 rings (SSSR count). The summed E-state index contributed by atoms with van der Waals surface area (Å²) in [6.45, 7) is 6.07. The van der Waals surface area contributed by atoms with Gasteiger partial charge in [-0.05, 0) is 62.5 Å². The van der Waals surface area contributed by atoms with Gasteiger partial charge in [-0.15, -0.1) is 6.42 Å². The summed E-state index contributed by atoms with van der Waals surface area (Å²) in [5.74, 6) is 2.20. The van der Waals surface area contributed by atoms with E-state index in [1.807, 2.05) is 0 Å². The van der Waals surface area contributed by atoms with Crippen molar-refractivity contribution in [2.45, 2.75) is 51.9 Å². The molecule has 0 unspecified atom stereocenters. The average molecular weight is 374 g/mol. The lowest BCUT2D eigenvalue weighted by Gasteiger charge is -2.37. The van der Waals surface area contributed by atoms with E-state index in [9.17, 15) is 26.3 Å². The van der Waals surface area contributed by atoms with Crippen molar-refractivity contribution in [2.24, 2.45) is 0 Å². The SMILES string of the molecule is C#C/C=C(C)\C(C)=C/CC(c1ccc(C)c(C)c1)(C(F)(F)F)C(F)(F)F. The van der Waals surface area contributed by atoms with E-state index in [0.717, 1.165) is 18.2 Å². The molecular weight excluding hydrogens is 354 g/mol. The topological polar surface area (TPSA) is 0 Å². The summed E-state index contributed by atoms with van der Waals surface area (Å²) in [5, 5.41) is 0. The van der Waals surface area contributed by atoms with Gasteiger partial charge in [0, 0.05) is 0 Å². The Labute approximate surface area is 149 Å². The summed E-state index contributed by atoms with van der Waals surface area (Å²) >= 11 is 0. The van der Waals surface area contributed by atoms with Crippen molar-refractivity contribution in [1.29, 1.82) is 0 Å². The van der Waals surface area contributed by atoms with Gasteiger partial charge in [0.1, 0.15) is 0 Å². The number of halogens is 6. The number of hydrogen-bond acceptors (Lipinski definition) is 0. The molecule has 0 saturated carbocycles. The van der Waals surface area contributed by atoms with Crippen LogP contribution in [0.25, 0.3) is 0 Å². The lowest BCUT2D eigenvalue weighted by Crippen LogP contribution is -2.53. The van der Waals surface area contributed by atoms with Gasteiger partial charge in [-0.2, -0.15) is 26.3 Å². The van der Waals surface area contributed by atoms with E-state index in [0.29, 0.717) is 16.7 Å². The van der Waals surface area contributed by atoms with Crippen LogP contribution < -0.4 is 0 Å². The minimum Gasteiger partial charge on any atom is -0.170 e. The molecule has 0 saturated heterocycles. The fourth-order valence-electron chi connectivity index (χ4n) is 2.55. The minimum atomic E-state index is -5.52. The third kappa shape index (κ3) is 4.14. The first-order chi connectivity index (χ1) is 11.8. The second-order valence-corrected chi connectivity index (χ2v) is 6.29. The van der Waals surface area contributed by atoms with Gasteiger partial charge in [0.2, 0.25) is 0 Å². The molecule has 0 fully saturated rings. The lowest BCUT2D eigenvalue weighted by molar-refractivity contribution is -0.302. The lowest BCUT2D eigenvalue weighted by atomic mass is 9.74. The maximum atomic E-state index is 13.8. The number of alkyl halides is 6. The van der Waals surface area contributed by atoms with Crippen LogP contribution in [0, 0.1) is 26.2 Å². The van der Waals surface area contributed by atoms with Crippen LogP contribution in [-0.2, 0) is 5.41 Å².